The van der Waals surface area contributed by atoms with Gasteiger partial charge < -0.3 is 10.5 Å². The van der Waals surface area contributed by atoms with Crippen LogP contribution in [0.4, 0.5) is 0 Å². The minimum Gasteiger partial charge on any atom is -0.497 e. The molecule has 0 aliphatic carbocycles. The average Bonchev–Trinajstić information content (AvgIpc) is 2.75. The first-order valence-corrected chi connectivity index (χ1v) is 7.36. The summed E-state index contributed by atoms with van der Waals surface area (Å²) in [7, 11) is 1.69. The van der Waals surface area contributed by atoms with Gasteiger partial charge in [-0.25, -0.2) is 0 Å². The minimum atomic E-state index is 0.0732. The molecule has 1 aromatic carbocycles. The molecule has 2 atom stereocenters. The molecule has 19 heavy (non-hydrogen) atoms. The van der Waals surface area contributed by atoms with Gasteiger partial charge in [0.05, 0.1) is 7.11 Å². The Morgan fingerprint density at radius 3 is 2.16 bits per heavy atom. The van der Waals surface area contributed by atoms with Crippen molar-refractivity contribution >= 4 is 0 Å². The molecule has 0 bridgehead atoms. The second-order valence-corrected chi connectivity index (χ2v) is 5.49. The first kappa shape index (κ1) is 14.4. The van der Waals surface area contributed by atoms with E-state index in [1.807, 2.05) is 12.1 Å². The molecular weight excluding hydrogens is 236 g/mol. The first-order valence-electron chi connectivity index (χ1n) is 7.36. The van der Waals surface area contributed by atoms with Crippen LogP contribution in [0.15, 0.2) is 24.3 Å². The maximum Gasteiger partial charge on any atom is 0.118 e. The topological polar surface area (TPSA) is 38.5 Å². The summed E-state index contributed by atoms with van der Waals surface area (Å²) in [6.45, 7) is 4.62. The molecule has 0 aromatic heterocycles. The van der Waals surface area contributed by atoms with E-state index in [2.05, 4.69) is 24.0 Å². The largest absolute Gasteiger partial charge is 0.497 e. The Labute approximate surface area is 116 Å². The Bertz CT molecular complexity index is 369. The summed E-state index contributed by atoms with van der Waals surface area (Å²) in [6, 6.07) is 8.61. The number of likely N-dealkylation sites (tertiary alicyclic amines) is 1. The second kappa shape index (κ2) is 6.92. The van der Waals surface area contributed by atoms with Gasteiger partial charge in [-0.05, 0) is 50.6 Å². The van der Waals surface area contributed by atoms with E-state index < -0.39 is 0 Å². The number of hydrogen-bond donors (Lipinski definition) is 1. The standard InChI is InChI=1S/C16H26N2O/c1-13(18-11-5-3-4-6-12-18)16(17)14-7-9-15(19-2)10-8-14/h7-10,13,16H,3-6,11-12,17H2,1-2H3. The van der Waals surface area contributed by atoms with Gasteiger partial charge in [0, 0.05) is 12.1 Å². The number of rotatable bonds is 4. The molecule has 0 saturated carbocycles. The number of nitrogens with two attached hydrogens (primary N) is 1. The van der Waals surface area contributed by atoms with Crippen molar-refractivity contribution in [2.24, 2.45) is 5.73 Å². The van der Waals surface area contributed by atoms with Crippen molar-refractivity contribution in [1.82, 2.24) is 4.90 Å². The predicted octanol–water partition coefficient (Wildman–Crippen LogP) is 2.96. The van der Waals surface area contributed by atoms with E-state index in [0.29, 0.717) is 6.04 Å². The molecule has 1 fully saturated rings. The van der Waals surface area contributed by atoms with Crippen molar-refractivity contribution in [3.8, 4) is 5.75 Å². The van der Waals surface area contributed by atoms with Crippen LogP contribution in [0.5, 0.6) is 5.75 Å². The average molecular weight is 262 g/mol. The number of hydrogen-bond acceptors (Lipinski definition) is 3. The lowest BCUT2D eigenvalue weighted by Crippen LogP contribution is -2.41. The maximum atomic E-state index is 6.43. The molecule has 3 heteroatoms. The zero-order chi connectivity index (χ0) is 13.7. The molecule has 3 nitrogen and oxygen atoms in total. The van der Waals surface area contributed by atoms with Gasteiger partial charge in [0.2, 0.25) is 0 Å². The Morgan fingerprint density at radius 2 is 1.63 bits per heavy atom. The van der Waals surface area contributed by atoms with E-state index >= 15 is 0 Å². The fourth-order valence-corrected chi connectivity index (χ4v) is 2.83. The molecule has 1 aromatic rings. The van der Waals surface area contributed by atoms with Crippen LogP contribution in [0.3, 0.4) is 0 Å². The molecule has 106 valence electrons. The number of benzene rings is 1. The molecule has 0 amide bonds. The fourth-order valence-electron chi connectivity index (χ4n) is 2.83. The highest BCUT2D eigenvalue weighted by Crippen LogP contribution is 2.23. The fraction of sp³-hybridized carbons (Fsp3) is 0.625. The van der Waals surface area contributed by atoms with E-state index in [9.17, 15) is 0 Å². The van der Waals surface area contributed by atoms with Crippen LogP contribution < -0.4 is 10.5 Å². The summed E-state index contributed by atoms with van der Waals surface area (Å²) in [5.74, 6) is 0.887. The highest BCUT2D eigenvalue weighted by molar-refractivity contribution is 5.29. The second-order valence-electron chi connectivity index (χ2n) is 5.49. The number of nitrogens with zero attached hydrogens (tertiary/aromatic N) is 1. The van der Waals surface area contributed by atoms with Crippen LogP contribution in [-0.4, -0.2) is 31.1 Å². The quantitative estimate of drug-likeness (QED) is 0.906. The molecule has 1 heterocycles. The van der Waals surface area contributed by atoms with Crippen molar-refractivity contribution in [2.75, 3.05) is 20.2 Å². The minimum absolute atomic E-state index is 0.0732. The summed E-state index contributed by atoms with van der Waals surface area (Å²) in [6.07, 6.45) is 5.33. The SMILES string of the molecule is COc1ccc(C(N)C(C)N2CCCCCC2)cc1. The van der Waals surface area contributed by atoms with Crippen molar-refractivity contribution < 1.29 is 4.74 Å². The molecule has 0 spiro atoms. The third-order valence-corrected chi connectivity index (χ3v) is 4.24. The van der Waals surface area contributed by atoms with Crippen LogP contribution in [-0.2, 0) is 0 Å². The molecule has 2 unspecified atom stereocenters. The van der Waals surface area contributed by atoms with Crippen molar-refractivity contribution in [2.45, 2.75) is 44.7 Å². The predicted molar refractivity (Wildman–Crippen MR) is 79.4 cm³/mol. The third kappa shape index (κ3) is 3.71. The van der Waals surface area contributed by atoms with Gasteiger partial charge in [-0.2, -0.15) is 0 Å². The van der Waals surface area contributed by atoms with Gasteiger partial charge in [-0.3, -0.25) is 4.90 Å². The monoisotopic (exact) mass is 262 g/mol. The van der Waals surface area contributed by atoms with E-state index in [4.69, 9.17) is 10.5 Å². The molecule has 1 saturated heterocycles. The molecule has 2 rings (SSSR count). The maximum absolute atomic E-state index is 6.43. The Hall–Kier alpha value is -1.06. The number of ether oxygens (including phenoxy) is 1. The van der Waals surface area contributed by atoms with E-state index in [1.165, 1.54) is 44.3 Å². The molecule has 2 N–H and O–H groups in total. The third-order valence-electron chi connectivity index (χ3n) is 4.24. The normalized spacial score (nSPS) is 20.6. The van der Waals surface area contributed by atoms with Gasteiger partial charge in [0.1, 0.15) is 5.75 Å². The van der Waals surface area contributed by atoms with E-state index in [0.717, 1.165) is 5.75 Å². The summed E-state index contributed by atoms with van der Waals surface area (Å²) >= 11 is 0. The van der Waals surface area contributed by atoms with Crippen LogP contribution in [0, 0.1) is 0 Å². The molecule has 1 aliphatic rings. The first-order chi connectivity index (χ1) is 9.22. The molecular formula is C16H26N2O. The summed E-state index contributed by atoms with van der Waals surface area (Å²) < 4.78 is 5.19. The van der Waals surface area contributed by atoms with E-state index in [-0.39, 0.29) is 6.04 Å². The molecule has 1 aliphatic heterocycles. The van der Waals surface area contributed by atoms with Gasteiger partial charge in [0.15, 0.2) is 0 Å². The van der Waals surface area contributed by atoms with Gasteiger partial charge in [-0.1, -0.05) is 25.0 Å². The highest BCUT2D eigenvalue weighted by atomic mass is 16.5. The van der Waals surface area contributed by atoms with Crippen molar-refractivity contribution in [3.63, 3.8) is 0 Å². The Morgan fingerprint density at radius 1 is 1.05 bits per heavy atom. The van der Waals surface area contributed by atoms with Crippen LogP contribution in [0.2, 0.25) is 0 Å². The highest BCUT2D eigenvalue weighted by Gasteiger charge is 2.22. The number of methoxy groups -OCH3 is 1. The van der Waals surface area contributed by atoms with Gasteiger partial charge in [-0.15, -0.1) is 0 Å². The lowest BCUT2D eigenvalue weighted by Gasteiger charge is -2.32. The van der Waals surface area contributed by atoms with Crippen LogP contribution in [0.1, 0.15) is 44.2 Å². The lowest BCUT2D eigenvalue weighted by atomic mass is 10.00. The van der Waals surface area contributed by atoms with Crippen molar-refractivity contribution in [3.05, 3.63) is 29.8 Å². The summed E-state index contributed by atoms with van der Waals surface area (Å²) in [5, 5.41) is 0. The van der Waals surface area contributed by atoms with Gasteiger partial charge >= 0.3 is 0 Å². The Balaban J connectivity index is 2.01. The van der Waals surface area contributed by atoms with Crippen molar-refractivity contribution in [1.29, 1.82) is 0 Å². The van der Waals surface area contributed by atoms with Crippen LogP contribution in [0.25, 0.3) is 0 Å². The zero-order valence-electron chi connectivity index (χ0n) is 12.1. The van der Waals surface area contributed by atoms with Gasteiger partial charge in [0.25, 0.3) is 0 Å². The van der Waals surface area contributed by atoms with Crippen LogP contribution >= 0.6 is 0 Å². The zero-order valence-corrected chi connectivity index (χ0v) is 12.1. The van der Waals surface area contributed by atoms with E-state index in [1.54, 1.807) is 7.11 Å². The molecule has 0 radical (unpaired) electrons. The summed E-state index contributed by atoms with van der Waals surface area (Å²) in [4.78, 5) is 2.54. The Kier molecular flexibility index (Phi) is 5.23. The summed E-state index contributed by atoms with van der Waals surface area (Å²) in [5.41, 5.74) is 7.62. The lowest BCUT2D eigenvalue weighted by molar-refractivity contribution is 0.191. The smallest absolute Gasteiger partial charge is 0.118 e.